The van der Waals surface area contributed by atoms with Crippen molar-refractivity contribution >= 4 is 27.1 Å². The molecular formula is C25H17NS. The molecule has 0 atom stereocenters. The van der Waals surface area contributed by atoms with Crippen LogP contribution in [0.25, 0.3) is 49.2 Å². The molecule has 128 valence electrons. The van der Waals surface area contributed by atoms with Gasteiger partial charge in [0, 0.05) is 22.2 Å². The van der Waals surface area contributed by atoms with Crippen LogP contribution in [0.5, 0.6) is 0 Å². The van der Waals surface area contributed by atoms with Crippen LogP contribution in [0.4, 0.5) is 0 Å². The van der Waals surface area contributed by atoms with Gasteiger partial charge in [0.15, 0.2) is 0 Å². The predicted molar refractivity (Wildman–Crippen MR) is 117 cm³/mol. The molecule has 0 unspecified atom stereocenters. The molecule has 1 aliphatic heterocycles. The highest BCUT2D eigenvalue weighted by molar-refractivity contribution is 7.20. The number of dihydropyridines is 1. The highest BCUT2D eigenvalue weighted by atomic mass is 32.1. The predicted octanol–water partition coefficient (Wildman–Crippen LogP) is 6.72. The summed E-state index contributed by atoms with van der Waals surface area (Å²) in [4.78, 5) is 1.34. The van der Waals surface area contributed by atoms with Gasteiger partial charge in [0.25, 0.3) is 0 Å². The molecule has 2 heteroatoms. The lowest BCUT2D eigenvalue weighted by Crippen LogP contribution is -2.13. The monoisotopic (exact) mass is 363 g/mol. The molecule has 1 aliphatic carbocycles. The molecule has 1 aromatic heterocycles. The van der Waals surface area contributed by atoms with E-state index in [1.807, 2.05) is 11.3 Å². The molecule has 2 heterocycles. The van der Waals surface area contributed by atoms with Crippen LogP contribution in [0.2, 0.25) is 0 Å². The van der Waals surface area contributed by atoms with Crippen molar-refractivity contribution in [3.8, 4) is 33.4 Å². The Bertz CT molecular complexity index is 1270. The first-order valence-corrected chi connectivity index (χ1v) is 10.1. The number of allylic oxidation sites excluding steroid dienone is 2. The summed E-state index contributed by atoms with van der Waals surface area (Å²) in [6.07, 6.45) is 6.51. The van der Waals surface area contributed by atoms with Crippen LogP contribution < -0.4 is 5.32 Å². The standard InChI is InChI=1S/C25H17NS/c1-2-9-17-16(8-1)18-10-3-4-11-20(18)24-23-19(17)12-7-14-22(23)27-25(24)21-13-5-6-15-26-21/h1-14,26H,15H2. The van der Waals surface area contributed by atoms with Crippen molar-refractivity contribution in [2.45, 2.75) is 0 Å². The lowest BCUT2D eigenvalue weighted by atomic mass is 9.94. The summed E-state index contributed by atoms with van der Waals surface area (Å²) >= 11 is 1.89. The summed E-state index contributed by atoms with van der Waals surface area (Å²) in [6.45, 7) is 0.883. The average Bonchev–Trinajstić information content (AvgIpc) is 3.08. The largest absolute Gasteiger partial charge is 0.380 e. The van der Waals surface area contributed by atoms with E-state index in [0.717, 1.165) is 6.54 Å². The number of nitrogens with one attached hydrogen (secondary N) is 1. The third-order valence-corrected chi connectivity index (χ3v) is 6.66. The summed E-state index contributed by atoms with van der Waals surface area (Å²) < 4.78 is 1.35. The van der Waals surface area contributed by atoms with Gasteiger partial charge >= 0.3 is 0 Å². The smallest absolute Gasteiger partial charge is 0.0593 e. The molecule has 0 bridgehead atoms. The molecule has 0 saturated carbocycles. The van der Waals surface area contributed by atoms with Crippen molar-refractivity contribution in [1.29, 1.82) is 0 Å². The van der Waals surface area contributed by atoms with Crippen LogP contribution in [0.3, 0.4) is 0 Å². The van der Waals surface area contributed by atoms with Gasteiger partial charge in [-0.3, -0.25) is 0 Å². The highest BCUT2D eigenvalue weighted by Gasteiger charge is 2.26. The van der Waals surface area contributed by atoms with E-state index in [-0.39, 0.29) is 0 Å². The van der Waals surface area contributed by atoms with Gasteiger partial charge in [-0.1, -0.05) is 72.8 Å². The summed E-state index contributed by atoms with van der Waals surface area (Å²) in [5.74, 6) is 0. The van der Waals surface area contributed by atoms with E-state index >= 15 is 0 Å². The fourth-order valence-electron chi connectivity index (χ4n) is 4.32. The molecule has 0 saturated heterocycles. The van der Waals surface area contributed by atoms with Crippen molar-refractivity contribution < 1.29 is 0 Å². The van der Waals surface area contributed by atoms with Crippen molar-refractivity contribution in [3.63, 3.8) is 0 Å². The van der Waals surface area contributed by atoms with Crippen molar-refractivity contribution in [2.75, 3.05) is 6.54 Å². The van der Waals surface area contributed by atoms with Gasteiger partial charge in [0.1, 0.15) is 0 Å². The second-order valence-corrected chi connectivity index (χ2v) is 8.02. The molecule has 1 nitrogen and oxygen atoms in total. The minimum absolute atomic E-state index is 0.883. The maximum Gasteiger partial charge on any atom is 0.0593 e. The Hall–Kier alpha value is -3.10. The number of rotatable bonds is 1. The van der Waals surface area contributed by atoms with Gasteiger partial charge in [-0.05, 0) is 40.0 Å². The van der Waals surface area contributed by atoms with Crippen LogP contribution in [-0.2, 0) is 0 Å². The summed E-state index contributed by atoms with van der Waals surface area (Å²) in [7, 11) is 0. The third-order valence-electron chi connectivity index (χ3n) is 5.47. The fraction of sp³-hybridized carbons (Fsp3) is 0.0400. The molecule has 4 aromatic rings. The summed E-state index contributed by atoms with van der Waals surface area (Å²) in [6, 6.07) is 24.4. The summed E-state index contributed by atoms with van der Waals surface area (Å²) in [5, 5.41) is 4.95. The van der Waals surface area contributed by atoms with Gasteiger partial charge in [-0.2, -0.15) is 0 Å². The van der Waals surface area contributed by atoms with Gasteiger partial charge in [0.2, 0.25) is 0 Å². The Kier molecular flexibility index (Phi) is 3.17. The number of fused-ring (bicyclic) bond motifs is 5. The van der Waals surface area contributed by atoms with Gasteiger partial charge < -0.3 is 5.32 Å². The topological polar surface area (TPSA) is 12.0 Å². The molecule has 27 heavy (non-hydrogen) atoms. The van der Waals surface area contributed by atoms with Crippen LogP contribution in [-0.4, -0.2) is 6.54 Å². The quantitative estimate of drug-likeness (QED) is 0.349. The van der Waals surface area contributed by atoms with E-state index < -0.39 is 0 Å². The zero-order valence-corrected chi connectivity index (χ0v) is 15.5. The van der Waals surface area contributed by atoms with E-state index in [9.17, 15) is 0 Å². The van der Waals surface area contributed by atoms with E-state index in [2.05, 4.69) is 90.3 Å². The zero-order valence-electron chi connectivity index (χ0n) is 14.7. The van der Waals surface area contributed by atoms with Crippen LogP contribution >= 0.6 is 11.3 Å². The average molecular weight is 363 g/mol. The SMILES string of the molecule is C1=CCNC(c2sc3cccc4c3c2-c2ccccc2-c2ccccc2-4)=C1. The minimum atomic E-state index is 0.883. The maximum absolute atomic E-state index is 3.57. The lowest BCUT2D eigenvalue weighted by molar-refractivity contribution is 1.00. The first-order chi connectivity index (χ1) is 13.4. The number of thiophene rings is 1. The second kappa shape index (κ2) is 5.70. The number of benzene rings is 3. The van der Waals surface area contributed by atoms with E-state index in [0.29, 0.717) is 0 Å². The van der Waals surface area contributed by atoms with Crippen molar-refractivity contribution in [2.24, 2.45) is 0 Å². The van der Waals surface area contributed by atoms with Gasteiger partial charge in [-0.25, -0.2) is 0 Å². The van der Waals surface area contributed by atoms with Crippen LogP contribution in [0.15, 0.2) is 85.0 Å². The molecule has 0 spiro atoms. The Balaban J connectivity index is 1.83. The first-order valence-electron chi connectivity index (χ1n) is 9.27. The Morgan fingerprint density at radius 1 is 0.704 bits per heavy atom. The van der Waals surface area contributed by atoms with Crippen LogP contribution in [0.1, 0.15) is 4.88 Å². The molecular weight excluding hydrogens is 346 g/mol. The fourth-order valence-corrected chi connectivity index (χ4v) is 5.57. The van der Waals surface area contributed by atoms with Crippen molar-refractivity contribution in [1.82, 2.24) is 5.32 Å². The Morgan fingerprint density at radius 3 is 2.11 bits per heavy atom. The molecule has 1 N–H and O–H groups in total. The van der Waals surface area contributed by atoms with Crippen LogP contribution in [0, 0.1) is 0 Å². The van der Waals surface area contributed by atoms with E-state index in [1.165, 1.54) is 54.0 Å². The Morgan fingerprint density at radius 2 is 1.37 bits per heavy atom. The molecule has 2 aliphatic rings. The minimum Gasteiger partial charge on any atom is -0.380 e. The molecule has 0 fully saturated rings. The number of hydrogen-bond acceptors (Lipinski definition) is 2. The molecule has 6 rings (SSSR count). The third kappa shape index (κ3) is 2.11. The number of hydrogen-bond donors (Lipinski definition) is 1. The normalized spacial score (nSPS) is 14.1. The lowest BCUT2D eigenvalue weighted by Gasteiger charge is -2.14. The van der Waals surface area contributed by atoms with E-state index in [4.69, 9.17) is 0 Å². The molecule has 0 amide bonds. The highest BCUT2D eigenvalue weighted by Crippen LogP contribution is 2.52. The zero-order chi connectivity index (χ0) is 17.8. The van der Waals surface area contributed by atoms with E-state index in [1.54, 1.807) is 0 Å². The van der Waals surface area contributed by atoms with Crippen molar-refractivity contribution in [3.05, 3.63) is 89.8 Å². The first kappa shape index (κ1) is 15.0. The summed E-state index contributed by atoms with van der Waals surface area (Å²) in [5.41, 5.74) is 9.21. The molecule has 0 radical (unpaired) electrons. The van der Waals surface area contributed by atoms with Gasteiger partial charge in [-0.15, -0.1) is 11.3 Å². The second-order valence-electron chi connectivity index (χ2n) is 6.97. The Labute approximate surface area is 162 Å². The van der Waals surface area contributed by atoms with Gasteiger partial charge in [0.05, 0.1) is 10.6 Å². The molecule has 3 aromatic carbocycles. The maximum atomic E-state index is 3.57.